The Bertz CT molecular complexity index is 1500. The Morgan fingerprint density at radius 2 is 1.67 bits per heavy atom. The van der Waals surface area contributed by atoms with Crippen LogP contribution in [0.2, 0.25) is 0 Å². The molecule has 0 N–H and O–H groups in total. The fraction of sp³-hybridized carbons (Fsp3) is 0.148. The molecule has 0 aliphatic carbocycles. The molecule has 33 heavy (non-hydrogen) atoms. The molecular weight excluding hydrogens is 412 g/mol. The summed E-state index contributed by atoms with van der Waals surface area (Å²) in [5.41, 5.74) is 6.17. The summed E-state index contributed by atoms with van der Waals surface area (Å²) >= 11 is 0. The number of hydrogen-bond donors (Lipinski definition) is 0. The van der Waals surface area contributed by atoms with Gasteiger partial charge >= 0.3 is 0 Å². The van der Waals surface area contributed by atoms with Gasteiger partial charge in [0.15, 0.2) is 11.4 Å². The minimum atomic E-state index is -0.170. The minimum Gasteiger partial charge on any atom is -0.485 e. The fourth-order valence-electron chi connectivity index (χ4n) is 3.92. The van der Waals surface area contributed by atoms with E-state index in [4.69, 9.17) is 14.8 Å². The van der Waals surface area contributed by atoms with E-state index in [0.29, 0.717) is 35.0 Å². The summed E-state index contributed by atoms with van der Waals surface area (Å²) in [6.07, 6.45) is 1.72. The van der Waals surface area contributed by atoms with Crippen LogP contribution in [-0.4, -0.2) is 19.2 Å². The van der Waals surface area contributed by atoms with Crippen LogP contribution >= 0.6 is 0 Å². The molecule has 0 saturated heterocycles. The van der Waals surface area contributed by atoms with Gasteiger partial charge in [-0.25, -0.2) is 9.67 Å². The van der Waals surface area contributed by atoms with Crippen molar-refractivity contribution in [3.05, 3.63) is 112 Å². The highest BCUT2D eigenvalue weighted by molar-refractivity contribution is 5.65. The van der Waals surface area contributed by atoms with Gasteiger partial charge in [-0.3, -0.25) is 9.20 Å². The lowest BCUT2D eigenvalue weighted by Gasteiger charge is -2.12. The molecule has 3 aromatic heterocycles. The number of hydrogen-bond acceptors (Lipinski definition) is 4. The molecule has 0 bridgehead atoms. The third-order valence-corrected chi connectivity index (χ3v) is 5.66. The van der Waals surface area contributed by atoms with Gasteiger partial charge < -0.3 is 4.74 Å². The van der Waals surface area contributed by atoms with Crippen LogP contribution in [0.5, 0.6) is 5.75 Å². The molecule has 5 aromatic rings. The highest BCUT2D eigenvalue weighted by Crippen LogP contribution is 2.24. The van der Waals surface area contributed by atoms with E-state index in [9.17, 15) is 4.79 Å². The lowest BCUT2D eigenvalue weighted by Crippen LogP contribution is -2.19. The first-order chi connectivity index (χ1) is 16.0. The van der Waals surface area contributed by atoms with Crippen molar-refractivity contribution in [2.45, 2.75) is 27.4 Å². The van der Waals surface area contributed by atoms with Crippen LogP contribution in [0.3, 0.4) is 0 Å². The zero-order valence-electron chi connectivity index (χ0n) is 18.8. The van der Waals surface area contributed by atoms with E-state index < -0.39 is 0 Å². The van der Waals surface area contributed by atoms with Crippen LogP contribution in [-0.2, 0) is 6.61 Å². The summed E-state index contributed by atoms with van der Waals surface area (Å²) in [6.45, 7) is 6.26. The molecule has 0 aliphatic rings. The third-order valence-electron chi connectivity index (χ3n) is 5.66. The Kier molecular flexibility index (Phi) is 5.26. The minimum absolute atomic E-state index is 0.170. The first-order valence-electron chi connectivity index (χ1n) is 10.8. The predicted octanol–water partition coefficient (Wildman–Crippen LogP) is 5.05. The molecule has 3 heterocycles. The normalized spacial score (nSPS) is 11.1. The number of benzene rings is 2. The molecule has 2 aromatic carbocycles. The van der Waals surface area contributed by atoms with E-state index >= 15 is 0 Å². The van der Waals surface area contributed by atoms with E-state index in [2.05, 4.69) is 19.1 Å². The van der Waals surface area contributed by atoms with Crippen LogP contribution in [0.25, 0.3) is 22.6 Å². The van der Waals surface area contributed by atoms with Gasteiger partial charge in [0.05, 0.1) is 16.9 Å². The molecule has 164 valence electrons. The smallest absolute Gasteiger partial charge is 0.267 e. The molecule has 0 atom stereocenters. The molecular formula is C27H24N4O2. The number of ether oxygens (including phenoxy) is 1. The standard InChI is InChI=1S/C27H24N4O2/c1-18-11-13-21(14-12-18)17-33-24-10-7-15-30-26(24)28-20(3)25(27(30)32)23-16-19(2)31(29-23)22-8-5-4-6-9-22/h4-16H,17H2,1-3H3. The van der Waals surface area contributed by atoms with Gasteiger partial charge in [-0.2, -0.15) is 5.10 Å². The van der Waals surface area contributed by atoms with Gasteiger partial charge in [0.1, 0.15) is 12.3 Å². The molecule has 0 amide bonds. The number of pyridine rings is 1. The van der Waals surface area contributed by atoms with Gasteiger partial charge in [-0.1, -0.05) is 48.0 Å². The summed E-state index contributed by atoms with van der Waals surface area (Å²) in [5, 5.41) is 4.72. The van der Waals surface area contributed by atoms with Crippen LogP contribution in [0.4, 0.5) is 0 Å². The number of para-hydroxylation sites is 1. The van der Waals surface area contributed by atoms with Crippen molar-refractivity contribution in [2.24, 2.45) is 0 Å². The van der Waals surface area contributed by atoms with Crippen LogP contribution in [0.1, 0.15) is 22.5 Å². The Morgan fingerprint density at radius 3 is 2.42 bits per heavy atom. The van der Waals surface area contributed by atoms with Gasteiger partial charge in [0, 0.05) is 11.9 Å². The van der Waals surface area contributed by atoms with Crippen molar-refractivity contribution in [3.8, 4) is 22.7 Å². The second-order valence-corrected chi connectivity index (χ2v) is 8.14. The highest BCUT2D eigenvalue weighted by atomic mass is 16.5. The van der Waals surface area contributed by atoms with E-state index in [1.165, 1.54) is 9.96 Å². The van der Waals surface area contributed by atoms with Crippen molar-refractivity contribution >= 4 is 5.65 Å². The number of rotatable bonds is 5. The molecule has 0 aliphatic heterocycles. The molecule has 0 spiro atoms. The fourth-order valence-corrected chi connectivity index (χ4v) is 3.92. The molecule has 6 heteroatoms. The highest BCUT2D eigenvalue weighted by Gasteiger charge is 2.18. The quantitative estimate of drug-likeness (QED) is 0.387. The predicted molar refractivity (Wildman–Crippen MR) is 129 cm³/mol. The van der Waals surface area contributed by atoms with Crippen molar-refractivity contribution in [2.75, 3.05) is 0 Å². The lowest BCUT2D eigenvalue weighted by atomic mass is 10.1. The Labute approximate surface area is 191 Å². The number of fused-ring (bicyclic) bond motifs is 1. The number of aromatic nitrogens is 4. The summed E-state index contributed by atoms with van der Waals surface area (Å²) < 4.78 is 9.41. The van der Waals surface area contributed by atoms with E-state index in [1.807, 2.05) is 73.1 Å². The average molecular weight is 437 g/mol. The van der Waals surface area contributed by atoms with Crippen LogP contribution < -0.4 is 10.3 Å². The Morgan fingerprint density at radius 1 is 0.909 bits per heavy atom. The maximum atomic E-state index is 13.5. The van der Waals surface area contributed by atoms with Gasteiger partial charge in [0.2, 0.25) is 0 Å². The second-order valence-electron chi connectivity index (χ2n) is 8.14. The van der Waals surface area contributed by atoms with Crippen LogP contribution in [0, 0.1) is 20.8 Å². The topological polar surface area (TPSA) is 61.4 Å². The molecule has 5 rings (SSSR count). The Hall–Kier alpha value is -4.19. The number of nitrogens with zero attached hydrogens (tertiary/aromatic N) is 4. The maximum absolute atomic E-state index is 13.5. The number of aryl methyl sites for hydroxylation is 3. The molecule has 0 saturated carbocycles. The first kappa shape index (κ1) is 20.7. The van der Waals surface area contributed by atoms with Gasteiger partial charge in [-0.05, 0) is 56.7 Å². The lowest BCUT2D eigenvalue weighted by molar-refractivity contribution is 0.308. The molecule has 0 unspecified atom stereocenters. The van der Waals surface area contributed by atoms with Crippen molar-refractivity contribution < 1.29 is 4.74 Å². The molecule has 6 nitrogen and oxygen atoms in total. The van der Waals surface area contributed by atoms with Gasteiger partial charge in [0.25, 0.3) is 5.56 Å². The van der Waals surface area contributed by atoms with Crippen molar-refractivity contribution in [3.63, 3.8) is 0 Å². The molecule has 0 radical (unpaired) electrons. The zero-order chi connectivity index (χ0) is 22.9. The maximum Gasteiger partial charge on any atom is 0.267 e. The summed E-state index contributed by atoms with van der Waals surface area (Å²) in [7, 11) is 0. The van der Waals surface area contributed by atoms with Crippen molar-refractivity contribution in [1.82, 2.24) is 19.2 Å². The van der Waals surface area contributed by atoms with E-state index in [-0.39, 0.29) is 5.56 Å². The van der Waals surface area contributed by atoms with E-state index in [1.54, 1.807) is 12.3 Å². The summed E-state index contributed by atoms with van der Waals surface area (Å²) in [6, 6.07) is 23.6. The third kappa shape index (κ3) is 3.91. The largest absolute Gasteiger partial charge is 0.485 e. The second kappa shape index (κ2) is 8.39. The van der Waals surface area contributed by atoms with Crippen molar-refractivity contribution in [1.29, 1.82) is 0 Å². The zero-order valence-corrected chi connectivity index (χ0v) is 18.8. The Balaban J connectivity index is 1.55. The average Bonchev–Trinajstić information content (AvgIpc) is 3.20. The first-order valence-corrected chi connectivity index (χ1v) is 10.8. The SMILES string of the molecule is Cc1ccc(COc2cccn3c(=O)c(-c4cc(C)n(-c5ccccc5)n4)c(C)nc23)cc1. The summed E-state index contributed by atoms with van der Waals surface area (Å²) in [4.78, 5) is 18.2. The summed E-state index contributed by atoms with van der Waals surface area (Å²) in [5.74, 6) is 0.566. The van der Waals surface area contributed by atoms with Gasteiger partial charge in [-0.15, -0.1) is 0 Å². The molecule has 0 fully saturated rings. The monoisotopic (exact) mass is 436 g/mol. The van der Waals surface area contributed by atoms with E-state index in [0.717, 1.165) is 16.9 Å². The van der Waals surface area contributed by atoms with Crippen LogP contribution in [0.15, 0.2) is 83.8 Å².